The summed E-state index contributed by atoms with van der Waals surface area (Å²) in [4.78, 5) is 22.6. The lowest BCUT2D eigenvalue weighted by atomic mass is 10.1. The van der Waals surface area contributed by atoms with E-state index in [1.54, 1.807) is 12.1 Å². The number of carbonyl (C=O) groups is 1. The van der Waals surface area contributed by atoms with Crippen molar-refractivity contribution >= 4 is 29.1 Å². The van der Waals surface area contributed by atoms with E-state index in [2.05, 4.69) is 0 Å². The van der Waals surface area contributed by atoms with Crippen LogP contribution in [0.4, 0.5) is 5.69 Å². The van der Waals surface area contributed by atoms with Gasteiger partial charge in [0.1, 0.15) is 10.8 Å². The summed E-state index contributed by atoms with van der Waals surface area (Å²) in [7, 11) is 4.49. The summed E-state index contributed by atoms with van der Waals surface area (Å²) in [5.74, 6) is 1.03. The molecule has 0 radical (unpaired) electrons. The number of nitrogens with zero attached hydrogens (tertiary/aromatic N) is 1. The number of halogens is 1. The van der Waals surface area contributed by atoms with Crippen LogP contribution in [0.3, 0.4) is 0 Å². The average Bonchev–Trinajstić information content (AvgIpc) is 2.65. The molecule has 0 saturated carbocycles. The van der Waals surface area contributed by atoms with E-state index in [0.717, 1.165) is 6.07 Å². The fourth-order valence-corrected chi connectivity index (χ4v) is 2.44. The normalized spacial score (nSPS) is 10.6. The van der Waals surface area contributed by atoms with E-state index in [1.807, 2.05) is 0 Å². The fourth-order valence-electron chi connectivity index (χ4n) is 2.25. The second-order valence-corrected chi connectivity index (χ2v) is 5.48. The molecule has 26 heavy (non-hydrogen) atoms. The predicted octanol–water partition coefficient (Wildman–Crippen LogP) is 4.17. The second-order valence-electron chi connectivity index (χ2n) is 5.07. The van der Waals surface area contributed by atoms with Crippen LogP contribution in [0.2, 0.25) is 5.02 Å². The van der Waals surface area contributed by atoms with E-state index in [-0.39, 0.29) is 16.3 Å². The number of nitro groups is 1. The van der Waals surface area contributed by atoms with Gasteiger partial charge in [0, 0.05) is 23.3 Å². The van der Waals surface area contributed by atoms with Crippen molar-refractivity contribution in [3.63, 3.8) is 0 Å². The SMILES string of the molecule is COc1cc(OC)c(OC)cc1/C=C/C(=O)c1ccc(Cl)c([N+](=O)[O-])c1. The molecule has 8 heteroatoms. The summed E-state index contributed by atoms with van der Waals surface area (Å²) in [6, 6.07) is 7.17. The van der Waals surface area contributed by atoms with Gasteiger partial charge in [0.2, 0.25) is 0 Å². The van der Waals surface area contributed by atoms with Gasteiger partial charge < -0.3 is 14.2 Å². The van der Waals surface area contributed by atoms with Crippen LogP contribution < -0.4 is 14.2 Å². The molecule has 136 valence electrons. The van der Waals surface area contributed by atoms with Gasteiger partial charge in [-0.15, -0.1) is 0 Å². The van der Waals surface area contributed by atoms with E-state index in [4.69, 9.17) is 25.8 Å². The van der Waals surface area contributed by atoms with Gasteiger partial charge in [-0.2, -0.15) is 0 Å². The highest BCUT2D eigenvalue weighted by Crippen LogP contribution is 2.35. The van der Waals surface area contributed by atoms with E-state index in [1.165, 1.54) is 45.6 Å². The maximum atomic E-state index is 12.3. The number of ether oxygens (including phenoxy) is 3. The molecule has 2 rings (SSSR count). The predicted molar refractivity (Wildman–Crippen MR) is 97.6 cm³/mol. The van der Waals surface area contributed by atoms with E-state index in [9.17, 15) is 14.9 Å². The Balaban J connectivity index is 2.36. The molecule has 2 aromatic carbocycles. The number of ketones is 1. The lowest BCUT2D eigenvalue weighted by molar-refractivity contribution is -0.384. The standard InChI is InChI=1S/C18H16ClNO6/c1-24-16-10-18(26-3)17(25-2)9-12(16)5-7-15(21)11-4-6-13(19)14(8-11)20(22)23/h4-10H,1-3H3/b7-5+. The molecule has 0 aliphatic heterocycles. The first-order valence-corrected chi connectivity index (χ1v) is 7.75. The van der Waals surface area contributed by atoms with Gasteiger partial charge >= 0.3 is 0 Å². The first kappa shape index (κ1) is 19.3. The van der Waals surface area contributed by atoms with Crippen molar-refractivity contribution < 1.29 is 23.9 Å². The van der Waals surface area contributed by atoms with Gasteiger partial charge in [-0.1, -0.05) is 11.6 Å². The van der Waals surface area contributed by atoms with Gasteiger partial charge in [0.05, 0.1) is 26.3 Å². The molecule has 0 aromatic heterocycles. The van der Waals surface area contributed by atoms with Crippen molar-refractivity contribution in [2.45, 2.75) is 0 Å². The van der Waals surface area contributed by atoms with Crippen LogP contribution in [0, 0.1) is 10.1 Å². The minimum absolute atomic E-state index is 0.0305. The molecule has 0 aliphatic carbocycles. The lowest BCUT2D eigenvalue weighted by Gasteiger charge is -2.12. The zero-order valence-electron chi connectivity index (χ0n) is 14.3. The van der Waals surface area contributed by atoms with Gasteiger partial charge in [0.25, 0.3) is 5.69 Å². The second kappa shape index (κ2) is 8.35. The molecule has 0 unspecified atom stereocenters. The monoisotopic (exact) mass is 377 g/mol. The van der Waals surface area contributed by atoms with Crippen LogP contribution in [0.1, 0.15) is 15.9 Å². The third-order valence-electron chi connectivity index (χ3n) is 3.58. The Kier molecular flexibility index (Phi) is 6.19. The Hall–Kier alpha value is -3.06. The molecule has 0 N–H and O–H groups in total. The van der Waals surface area contributed by atoms with Gasteiger partial charge in [-0.25, -0.2) is 0 Å². The molecule has 0 bridgehead atoms. The molecule has 0 spiro atoms. The number of hydrogen-bond acceptors (Lipinski definition) is 6. The number of carbonyl (C=O) groups excluding carboxylic acids is 1. The van der Waals surface area contributed by atoms with Crippen LogP contribution in [0.25, 0.3) is 6.08 Å². The number of nitro benzene ring substituents is 1. The molecule has 0 saturated heterocycles. The first-order chi connectivity index (χ1) is 12.4. The fraction of sp³-hybridized carbons (Fsp3) is 0.167. The topological polar surface area (TPSA) is 87.9 Å². The van der Waals surface area contributed by atoms with Crippen molar-refractivity contribution in [3.8, 4) is 17.2 Å². The third kappa shape index (κ3) is 4.12. The van der Waals surface area contributed by atoms with Crippen molar-refractivity contribution in [2.24, 2.45) is 0 Å². The van der Waals surface area contributed by atoms with E-state index < -0.39 is 10.7 Å². The van der Waals surface area contributed by atoms with Crippen molar-refractivity contribution in [1.29, 1.82) is 0 Å². The minimum Gasteiger partial charge on any atom is -0.496 e. The molecular weight excluding hydrogens is 362 g/mol. The van der Waals surface area contributed by atoms with Gasteiger partial charge in [0.15, 0.2) is 17.3 Å². The van der Waals surface area contributed by atoms with Crippen molar-refractivity contribution in [1.82, 2.24) is 0 Å². The summed E-state index contributed by atoms with van der Waals surface area (Å²) in [5.41, 5.74) is 0.411. The van der Waals surface area contributed by atoms with E-state index >= 15 is 0 Å². The number of benzene rings is 2. The minimum atomic E-state index is -0.639. The molecule has 7 nitrogen and oxygen atoms in total. The summed E-state index contributed by atoms with van der Waals surface area (Å²) in [6.07, 6.45) is 2.82. The number of rotatable bonds is 7. The zero-order valence-corrected chi connectivity index (χ0v) is 15.1. The smallest absolute Gasteiger partial charge is 0.288 e. The third-order valence-corrected chi connectivity index (χ3v) is 3.90. The molecule has 2 aromatic rings. The lowest BCUT2D eigenvalue weighted by Crippen LogP contribution is -1.98. The highest BCUT2D eigenvalue weighted by Gasteiger charge is 2.15. The maximum absolute atomic E-state index is 12.3. The summed E-state index contributed by atoms with van der Waals surface area (Å²) < 4.78 is 15.7. The number of allylic oxidation sites excluding steroid dienone is 1. The molecule has 0 aliphatic rings. The summed E-state index contributed by atoms with van der Waals surface area (Å²) in [5, 5.41) is 10.9. The molecular formula is C18H16ClNO6. The Bertz CT molecular complexity index is 878. The van der Waals surface area contributed by atoms with Crippen LogP contribution in [0.15, 0.2) is 36.4 Å². The molecule has 0 fully saturated rings. The molecule has 0 amide bonds. The summed E-state index contributed by atoms with van der Waals surface area (Å²) >= 11 is 5.76. The summed E-state index contributed by atoms with van der Waals surface area (Å²) in [6.45, 7) is 0. The molecule has 0 atom stereocenters. The maximum Gasteiger partial charge on any atom is 0.288 e. The highest BCUT2D eigenvalue weighted by molar-refractivity contribution is 6.32. The number of hydrogen-bond donors (Lipinski definition) is 0. The van der Waals surface area contributed by atoms with Crippen molar-refractivity contribution in [3.05, 3.63) is 62.7 Å². The Morgan fingerprint density at radius 3 is 2.23 bits per heavy atom. The Morgan fingerprint density at radius 2 is 1.65 bits per heavy atom. The number of methoxy groups -OCH3 is 3. The van der Waals surface area contributed by atoms with E-state index in [0.29, 0.717) is 22.8 Å². The first-order valence-electron chi connectivity index (χ1n) is 7.37. The van der Waals surface area contributed by atoms with Crippen LogP contribution in [0.5, 0.6) is 17.2 Å². The van der Waals surface area contributed by atoms with Gasteiger partial charge in [-0.05, 0) is 30.4 Å². The zero-order chi connectivity index (χ0) is 19.3. The van der Waals surface area contributed by atoms with Crippen LogP contribution >= 0.6 is 11.6 Å². The Morgan fingerprint density at radius 1 is 1.04 bits per heavy atom. The van der Waals surface area contributed by atoms with Crippen LogP contribution in [-0.4, -0.2) is 32.0 Å². The Labute approximate surface area is 154 Å². The molecule has 0 heterocycles. The largest absolute Gasteiger partial charge is 0.496 e. The quantitative estimate of drug-likeness (QED) is 0.311. The van der Waals surface area contributed by atoms with Crippen molar-refractivity contribution in [2.75, 3.05) is 21.3 Å². The average molecular weight is 378 g/mol. The van der Waals surface area contributed by atoms with Gasteiger partial charge in [-0.3, -0.25) is 14.9 Å². The van der Waals surface area contributed by atoms with Crippen LogP contribution in [-0.2, 0) is 0 Å². The highest BCUT2D eigenvalue weighted by atomic mass is 35.5.